The molecule has 23 heavy (non-hydrogen) atoms. The van der Waals surface area contributed by atoms with Crippen LogP contribution >= 0.6 is 15.9 Å². The van der Waals surface area contributed by atoms with Crippen LogP contribution in [0.2, 0.25) is 0 Å². The highest BCUT2D eigenvalue weighted by atomic mass is 79.9. The third-order valence-corrected chi connectivity index (χ3v) is 3.97. The summed E-state index contributed by atoms with van der Waals surface area (Å²) in [5.41, 5.74) is 0.285. The summed E-state index contributed by atoms with van der Waals surface area (Å²) >= 11 is 3.26. The zero-order chi connectivity index (χ0) is 16.2. The van der Waals surface area contributed by atoms with E-state index in [9.17, 15) is 9.90 Å². The predicted molar refractivity (Wildman–Crippen MR) is 89.9 cm³/mol. The van der Waals surface area contributed by atoms with E-state index in [1.165, 1.54) is 10.9 Å². The van der Waals surface area contributed by atoms with Crippen LogP contribution in [-0.4, -0.2) is 14.9 Å². The summed E-state index contributed by atoms with van der Waals surface area (Å²) in [6.07, 6.45) is 1.47. The first kappa shape index (κ1) is 15.3. The third kappa shape index (κ3) is 3.43. The Labute approximate surface area is 140 Å². The van der Waals surface area contributed by atoms with Crippen molar-refractivity contribution in [1.29, 1.82) is 0 Å². The first-order valence-electron chi connectivity index (χ1n) is 6.90. The fourth-order valence-corrected chi connectivity index (χ4v) is 2.44. The second-order valence-corrected chi connectivity index (χ2v) is 5.62. The summed E-state index contributed by atoms with van der Waals surface area (Å²) < 4.78 is 7.19. The first-order valence-corrected chi connectivity index (χ1v) is 7.70. The van der Waals surface area contributed by atoms with Crippen LogP contribution in [-0.2, 0) is 6.54 Å². The van der Waals surface area contributed by atoms with Gasteiger partial charge in [0.2, 0.25) is 0 Å². The predicted octanol–water partition coefficient (Wildman–Crippen LogP) is 3.55. The summed E-state index contributed by atoms with van der Waals surface area (Å²) in [6.45, 7) is 0.176. The third-order valence-electron chi connectivity index (χ3n) is 3.24. The minimum Gasteiger partial charge on any atom is -0.508 e. The van der Waals surface area contributed by atoms with Crippen molar-refractivity contribution in [2.24, 2.45) is 0 Å². The Morgan fingerprint density at radius 2 is 1.78 bits per heavy atom. The van der Waals surface area contributed by atoms with Crippen molar-refractivity contribution in [3.8, 4) is 17.2 Å². The van der Waals surface area contributed by atoms with Gasteiger partial charge in [-0.3, -0.25) is 4.79 Å². The van der Waals surface area contributed by atoms with Crippen molar-refractivity contribution in [3.63, 3.8) is 0 Å². The Bertz CT molecular complexity index is 879. The van der Waals surface area contributed by atoms with Gasteiger partial charge in [-0.05, 0) is 34.1 Å². The molecule has 1 aromatic heterocycles. The smallest absolute Gasteiger partial charge is 0.285 e. The van der Waals surface area contributed by atoms with Crippen molar-refractivity contribution in [2.45, 2.75) is 6.54 Å². The normalized spacial score (nSPS) is 10.5. The molecule has 0 aliphatic carbocycles. The molecule has 0 unspecified atom stereocenters. The molecule has 6 heteroatoms. The van der Waals surface area contributed by atoms with E-state index >= 15 is 0 Å². The molecule has 0 radical (unpaired) electrons. The molecule has 0 atom stereocenters. The van der Waals surface area contributed by atoms with E-state index in [1.807, 2.05) is 18.2 Å². The van der Waals surface area contributed by atoms with Crippen LogP contribution < -0.4 is 10.3 Å². The van der Waals surface area contributed by atoms with Crippen molar-refractivity contribution in [1.82, 2.24) is 9.78 Å². The number of nitrogens with zero attached hydrogens (tertiary/aromatic N) is 2. The minimum atomic E-state index is -0.332. The molecule has 0 saturated heterocycles. The molecule has 0 saturated carbocycles. The van der Waals surface area contributed by atoms with Crippen molar-refractivity contribution in [3.05, 3.63) is 81.2 Å². The molecule has 3 rings (SSSR count). The maximum Gasteiger partial charge on any atom is 0.285 e. The van der Waals surface area contributed by atoms with Crippen LogP contribution in [0.3, 0.4) is 0 Å². The monoisotopic (exact) mass is 372 g/mol. The highest BCUT2D eigenvalue weighted by molar-refractivity contribution is 9.10. The Balaban J connectivity index is 1.89. The molecule has 0 bridgehead atoms. The van der Waals surface area contributed by atoms with E-state index in [0.717, 1.165) is 0 Å². The number of ether oxygens (including phenoxy) is 1. The lowest BCUT2D eigenvalue weighted by molar-refractivity contribution is 0.455. The summed E-state index contributed by atoms with van der Waals surface area (Å²) in [5, 5.41) is 13.9. The molecule has 1 N–H and O–H groups in total. The number of aromatic hydroxyl groups is 1. The van der Waals surface area contributed by atoms with Gasteiger partial charge in [-0.2, -0.15) is 5.10 Å². The van der Waals surface area contributed by atoms with E-state index in [4.69, 9.17) is 4.74 Å². The number of hydrogen-bond acceptors (Lipinski definition) is 4. The molecule has 116 valence electrons. The number of phenols is 1. The topological polar surface area (TPSA) is 64.3 Å². The molecule has 0 aliphatic rings. The fraction of sp³-hybridized carbons (Fsp3) is 0.0588. The van der Waals surface area contributed by atoms with Crippen LogP contribution in [0.4, 0.5) is 0 Å². The van der Waals surface area contributed by atoms with Gasteiger partial charge in [-0.25, -0.2) is 4.68 Å². The van der Waals surface area contributed by atoms with E-state index in [-0.39, 0.29) is 22.3 Å². The van der Waals surface area contributed by atoms with Gasteiger partial charge in [0, 0.05) is 5.56 Å². The van der Waals surface area contributed by atoms with Gasteiger partial charge in [0.1, 0.15) is 16.0 Å². The summed E-state index contributed by atoms with van der Waals surface area (Å²) in [6, 6.07) is 16.0. The highest BCUT2D eigenvalue weighted by Gasteiger charge is 2.12. The zero-order valence-electron chi connectivity index (χ0n) is 12.0. The number of rotatable bonds is 4. The summed E-state index contributed by atoms with van der Waals surface area (Å²) in [4.78, 5) is 12.4. The Morgan fingerprint density at radius 1 is 1.09 bits per heavy atom. The lowest BCUT2D eigenvalue weighted by atomic mass is 10.2. The quantitative estimate of drug-likeness (QED) is 0.760. The SMILES string of the molecule is O=c1c(Br)c(Oc2ccccc2)cnn1Cc1ccccc1O. The average molecular weight is 373 g/mol. The molecule has 3 aromatic rings. The second-order valence-electron chi connectivity index (χ2n) is 4.83. The number of hydrogen-bond donors (Lipinski definition) is 1. The van der Waals surface area contributed by atoms with Crippen molar-refractivity contribution >= 4 is 15.9 Å². The van der Waals surface area contributed by atoms with Gasteiger partial charge in [-0.1, -0.05) is 36.4 Å². The molecule has 1 heterocycles. The molecule has 2 aromatic carbocycles. The molecular formula is C17H13BrN2O3. The molecular weight excluding hydrogens is 360 g/mol. The molecule has 0 spiro atoms. The van der Waals surface area contributed by atoms with Crippen LogP contribution in [0.1, 0.15) is 5.56 Å². The van der Waals surface area contributed by atoms with Crippen molar-refractivity contribution < 1.29 is 9.84 Å². The first-order chi connectivity index (χ1) is 11.1. The second kappa shape index (κ2) is 6.66. The lowest BCUT2D eigenvalue weighted by Crippen LogP contribution is -2.24. The number of phenolic OH excluding ortho intramolecular Hbond substituents is 1. The van der Waals surface area contributed by atoms with Gasteiger partial charge in [0.05, 0.1) is 12.7 Å². The van der Waals surface area contributed by atoms with E-state index in [1.54, 1.807) is 36.4 Å². The number of para-hydroxylation sites is 2. The van der Waals surface area contributed by atoms with E-state index < -0.39 is 0 Å². The van der Waals surface area contributed by atoms with Gasteiger partial charge in [0.25, 0.3) is 5.56 Å². The van der Waals surface area contributed by atoms with Crippen molar-refractivity contribution in [2.75, 3.05) is 0 Å². The fourth-order valence-electron chi connectivity index (χ4n) is 2.06. The summed E-state index contributed by atoms with van der Waals surface area (Å²) in [5.74, 6) is 1.09. The number of benzene rings is 2. The highest BCUT2D eigenvalue weighted by Crippen LogP contribution is 2.26. The zero-order valence-corrected chi connectivity index (χ0v) is 13.6. The van der Waals surface area contributed by atoms with Gasteiger partial charge >= 0.3 is 0 Å². The maximum atomic E-state index is 12.4. The number of aromatic nitrogens is 2. The molecule has 0 aliphatic heterocycles. The molecule has 0 fully saturated rings. The van der Waals surface area contributed by atoms with Crippen LogP contribution in [0, 0.1) is 0 Å². The van der Waals surface area contributed by atoms with E-state index in [2.05, 4.69) is 21.0 Å². The van der Waals surface area contributed by atoms with Crippen LogP contribution in [0.25, 0.3) is 0 Å². The Morgan fingerprint density at radius 3 is 2.52 bits per heavy atom. The Kier molecular flexibility index (Phi) is 4.43. The number of halogens is 1. The average Bonchev–Trinajstić information content (AvgIpc) is 2.57. The standard InChI is InChI=1S/C17H13BrN2O3/c18-16-15(23-13-7-2-1-3-8-13)10-19-20(17(16)22)11-12-6-4-5-9-14(12)21/h1-10,21H,11H2. The lowest BCUT2D eigenvalue weighted by Gasteiger charge is -2.10. The largest absolute Gasteiger partial charge is 0.508 e. The maximum absolute atomic E-state index is 12.4. The molecule has 5 nitrogen and oxygen atoms in total. The minimum absolute atomic E-state index is 0.127. The van der Waals surface area contributed by atoms with Crippen LogP contribution in [0.5, 0.6) is 17.2 Å². The van der Waals surface area contributed by atoms with E-state index in [0.29, 0.717) is 17.1 Å². The van der Waals surface area contributed by atoms with Gasteiger partial charge in [-0.15, -0.1) is 0 Å². The van der Waals surface area contributed by atoms with Gasteiger partial charge in [0.15, 0.2) is 5.75 Å². The van der Waals surface area contributed by atoms with Crippen LogP contribution in [0.15, 0.2) is 70.1 Å². The Hall–Kier alpha value is -2.60. The van der Waals surface area contributed by atoms with Gasteiger partial charge < -0.3 is 9.84 Å². The summed E-state index contributed by atoms with van der Waals surface area (Å²) in [7, 11) is 0. The molecule has 0 amide bonds.